The summed E-state index contributed by atoms with van der Waals surface area (Å²) in [4.78, 5) is 9.64. The molecule has 0 bridgehead atoms. The van der Waals surface area contributed by atoms with E-state index >= 15 is 0 Å². The van der Waals surface area contributed by atoms with E-state index in [0.29, 0.717) is 12.2 Å². The van der Waals surface area contributed by atoms with Gasteiger partial charge >= 0.3 is 0 Å². The summed E-state index contributed by atoms with van der Waals surface area (Å²) in [6.45, 7) is 5.78. The van der Waals surface area contributed by atoms with Gasteiger partial charge in [-0.2, -0.15) is 0 Å². The zero-order chi connectivity index (χ0) is 17.3. The van der Waals surface area contributed by atoms with Gasteiger partial charge in [0.2, 0.25) is 0 Å². The van der Waals surface area contributed by atoms with Crippen molar-refractivity contribution in [2.75, 3.05) is 37.6 Å². The molecule has 2 saturated carbocycles. The van der Waals surface area contributed by atoms with Gasteiger partial charge in [-0.3, -0.25) is 4.90 Å². The van der Waals surface area contributed by atoms with Crippen molar-refractivity contribution in [1.29, 1.82) is 0 Å². The molecule has 2 aliphatic carbocycles. The van der Waals surface area contributed by atoms with Gasteiger partial charge in [0.05, 0.1) is 12.2 Å². The summed E-state index contributed by atoms with van der Waals surface area (Å²) in [6.07, 6.45) is 12.9. The van der Waals surface area contributed by atoms with Gasteiger partial charge in [0.25, 0.3) is 0 Å². The minimum absolute atomic E-state index is 0.561. The second kappa shape index (κ2) is 7.47. The van der Waals surface area contributed by atoms with E-state index in [4.69, 9.17) is 4.74 Å². The molecule has 1 aromatic rings. The second-order valence-corrected chi connectivity index (χ2v) is 8.92. The van der Waals surface area contributed by atoms with Gasteiger partial charge in [-0.25, -0.2) is 4.98 Å². The van der Waals surface area contributed by atoms with E-state index in [1.54, 1.807) is 0 Å². The monoisotopic (exact) mass is 355 g/mol. The van der Waals surface area contributed by atoms with E-state index in [9.17, 15) is 0 Å². The van der Waals surface area contributed by atoms with Crippen LogP contribution in [-0.2, 0) is 4.74 Å². The molecule has 5 unspecified atom stereocenters. The summed E-state index contributed by atoms with van der Waals surface area (Å²) >= 11 is 0. The van der Waals surface area contributed by atoms with Gasteiger partial charge in [-0.15, -0.1) is 0 Å². The summed E-state index contributed by atoms with van der Waals surface area (Å²) in [7, 11) is 0. The Bertz CT molecular complexity index is 586. The highest BCUT2D eigenvalue weighted by Crippen LogP contribution is 2.49. The zero-order valence-corrected chi connectivity index (χ0v) is 15.9. The molecular formula is C22H33N3O. The molecule has 4 nitrogen and oxygen atoms in total. The molecule has 0 radical (unpaired) electrons. The van der Waals surface area contributed by atoms with Crippen molar-refractivity contribution in [3.63, 3.8) is 0 Å². The van der Waals surface area contributed by atoms with Gasteiger partial charge in [0.15, 0.2) is 0 Å². The molecule has 2 aliphatic heterocycles. The van der Waals surface area contributed by atoms with Gasteiger partial charge in [0, 0.05) is 38.9 Å². The van der Waals surface area contributed by atoms with Crippen LogP contribution in [0.15, 0.2) is 24.4 Å². The molecule has 5 atom stereocenters. The third kappa shape index (κ3) is 3.27. The minimum Gasteiger partial charge on any atom is -0.374 e. The Labute approximate surface area is 157 Å². The number of rotatable bonds is 3. The number of anilines is 1. The van der Waals surface area contributed by atoms with Crippen LogP contribution in [0.1, 0.15) is 44.9 Å². The number of hydrogen-bond donors (Lipinski definition) is 0. The lowest BCUT2D eigenvalue weighted by atomic mass is 9.70. The van der Waals surface area contributed by atoms with Gasteiger partial charge < -0.3 is 9.64 Å². The highest BCUT2D eigenvalue weighted by Gasteiger charge is 2.49. The Hall–Kier alpha value is -1.13. The smallest absolute Gasteiger partial charge is 0.128 e. The van der Waals surface area contributed by atoms with Crippen LogP contribution in [0, 0.1) is 17.8 Å². The first-order valence-electron chi connectivity index (χ1n) is 10.9. The number of pyridine rings is 1. The lowest BCUT2D eigenvalue weighted by Gasteiger charge is -2.40. The normalized spacial score (nSPS) is 38.0. The van der Waals surface area contributed by atoms with Crippen molar-refractivity contribution in [1.82, 2.24) is 9.88 Å². The molecule has 1 aromatic heterocycles. The van der Waals surface area contributed by atoms with Crippen LogP contribution in [-0.4, -0.2) is 54.8 Å². The zero-order valence-electron chi connectivity index (χ0n) is 15.9. The summed E-state index contributed by atoms with van der Waals surface area (Å²) in [6, 6.07) is 6.22. The molecule has 2 saturated heterocycles. The fourth-order valence-electron chi connectivity index (χ4n) is 6.18. The lowest BCUT2D eigenvalue weighted by molar-refractivity contribution is -0.0338. The van der Waals surface area contributed by atoms with Crippen molar-refractivity contribution in [3.05, 3.63) is 24.4 Å². The Morgan fingerprint density at radius 3 is 2.62 bits per heavy atom. The highest BCUT2D eigenvalue weighted by molar-refractivity contribution is 5.38. The maximum Gasteiger partial charge on any atom is 0.128 e. The summed E-state index contributed by atoms with van der Waals surface area (Å²) in [5.74, 6) is 3.65. The second-order valence-electron chi connectivity index (χ2n) is 8.92. The van der Waals surface area contributed by atoms with Crippen LogP contribution in [0.5, 0.6) is 0 Å². The Balaban J connectivity index is 1.18. The molecule has 26 heavy (non-hydrogen) atoms. The van der Waals surface area contributed by atoms with Crippen LogP contribution in [0.4, 0.5) is 5.82 Å². The molecular weight excluding hydrogens is 322 g/mol. The molecule has 0 aromatic carbocycles. The third-order valence-electron chi connectivity index (χ3n) is 7.47. The van der Waals surface area contributed by atoms with Crippen molar-refractivity contribution < 1.29 is 4.74 Å². The van der Waals surface area contributed by atoms with Crippen LogP contribution in [0.25, 0.3) is 0 Å². The van der Waals surface area contributed by atoms with Crippen molar-refractivity contribution in [2.24, 2.45) is 17.8 Å². The average molecular weight is 356 g/mol. The number of fused-ring (bicyclic) bond motifs is 3. The standard InChI is InChI=1S/C22H33N3O/c1-2-9-20-18(7-1)19-8-5-6-17(22(19)26-20)16-24-12-14-25(15-13-24)21-10-3-4-11-23-21/h3-4,10-11,17-20,22H,1-2,5-9,12-16H2. The fourth-order valence-corrected chi connectivity index (χ4v) is 6.18. The van der Waals surface area contributed by atoms with Crippen LogP contribution in [0.3, 0.4) is 0 Å². The third-order valence-corrected chi connectivity index (χ3v) is 7.47. The summed E-state index contributed by atoms with van der Waals surface area (Å²) < 4.78 is 6.67. The van der Waals surface area contributed by atoms with Crippen molar-refractivity contribution >= 4 is 5.82 Å². The molecule has 3 heterocycles. The molecule has 0 N–H and O–H groups in total. The molecule has 5 rings (SSSR count). The van der Waals surface area contributed by atoms with Crippen LogP contribution >= 0.6 is 0 Å². The van der Waals surface area contributed by atoms with E-state index in [1.165, 1.54) is 51.5 Å². The maximum absolute atomic E-state index is 6.67. The number of nitrogens with zero attached hydrogens (tertiary/aromatic N) is 3. The number of piperazine rings is 1. The van der Waals surface area contributed by atoms with E-state index in [1.807, 2.05) is 12.3 Å². The fraction of sp³-hybridized carbons (Fsp3) is 0.773. The van der Waals surface area contributed by atoms with Gasteiger partial charge in [-0.05, 0) is 55.6 Å². The molecule has 142 valence electrons. The Morgan fingerprint density at radius 1 is 0.923 bits per heavy atom. The maximum atomic E-state index is 6.67. The molecule has 4 fully saturated rings. The van der Waals surface area contributed by atoms with E-state index in [0.717, 1.165) is 49.8 Å². The Morgan fingerprint density at radius 2 is 1.77 bits per heavy atom. The Kier molecular flexibility index (Phi) is 4.89. The number of aromatic nitrogens is 1. The predicted octanol–water partition coefficient (Wildman–Crippen LogP) is 3.58. The van der Waals surface area contributed by atoms with Gasteiger partial charge in [0.1, 0.15) is 5.82 Å². The first-order chi connectivity index (χ1) is 12.9. The summed E-state index contributed by atoms with van der Waals surface area (Å²) in [5.41, 5.74) is 0. The van der Waals surface area contributed by atoms with E-state index < -0.39 is 0 Å². The van der Waals surface area contributed by atoms with Crippen molar-refractivity contribution in [2.45, 2.75) is 57.2 Å². The van der Waals surface area contributed by atoms with Crippen molar-refractivity contribution in [3.8, 4) is 0 Å². The largest absolute Gasteiger partial charge is 0.374 e. The quantitative estimate of drug-likeness (QED) is 0.829. The highest BCUT2D eigenvalue weighted by atomic mass is 16.5. The van der Waals surface area contributed by atoms with Crippen LogP contribution < -0.4 is 4.90 Å². The van der Waals surface area contributed by atoms with Gasteiger partial charge in [-0.1, -0.05) is 25.3 Å². The van der Waals surface area contributed by atoms with Crippen LogP contribution in [0.2, 0.25) is 0 Å². The molecule has 0 amide bonds. The molecule has 4 heteroatoms. The minimum atomic E-state index is 0.561. The van der Waals surface area contributed by atoms with E-state index in [-0.39, 0.29) is 0 Å². The average Bonchev–Trinajstić information content (AvgIpc) is 3.09. The van der Waals surface area contributed by atoms with E-state index in [2.05, 4.69) is 26.9 Å². The predicted molar refractivity (Wildman–Crippen MR) is 104 cm³/mol. The molecule has 0 spiro atoms. The molecule has 4 aliphatic rings. The summed E-state index contributed by atoms with van der Waals surface area (Å²) in [5, 5.41) is 0. The number of hydrogen-bond acceptors (Lipinski definition) is 4. The lowest BCUT2D eigenvalue weighted by Crippen LogP contribution is -2.50. The topological polar surface area (TPSA) is 28.6 Å². The first-order valence-corrected chi connectivity index (χ1v) is 10.9. The SMILES string of the molecule is c1ccc(N2CCN(CC3CCCC4C5CCCCC5OC34)CC2)nc1. The first kappa shape index (κ1) is 17.0. The number of ether oxygens (including phenoxy) is 1.